The van der Waals surface area contributed by atoms with Gasteiger partial charge in [-0.3, -0.25) is 0 Å². The Morgan fingerprint density at radius 1 is 1.17 bits per heavy atom. The van der Waals surface area contributed by atoms with Crippen LogP contribution in [0.1, 0.15) is 35.3 Å². The number of nitrogens with one attached hydrogen (secondary N) is 1. The number of aromatic carboxylic acids is 1. The molecule has 122 valence electrons. The summed E-state index contributed by atoms with van der Waals surface area (Å²) < 4.78 is 6.83. The molecule has 0 saturated carbocycles. The minimum absolute atomic E-state index is 0.124. The molecule has 2 N–H and O–H groups in total. The van der Waals surface area contributed by atoms with Crippen LogP contribution in [0.3, 0.4) is 0 Å². The first-order chi connectivity index (χ1) is 11.0. The lowest BCUT2D eigenvalue weighted by Gasteiger charge is -2.15. The fraction of sp³-hybridized carbons (Fsp3) is 0.278. The zero-order chi connectivity index (χ0) is 16.8. The van der Waals surface area contributed by atoms with Gasteiger partial charge >= 0.3 is 5.97 Å². The zero-order valence-electron chi connectivity index (χ0n) is 13.2. The second-order valence-corrected chi connectivity index (χ2v) is 6.44. The lowest BCUT2D eigenvalue weighted by molar-refractivity contribution is 0.0697. The molecule has 5 heteroatoms. The smallest absolute Gasteiger partial charge is 0.335 e. The molecule has 0 aromatic heterocycles. The highest BCUT2D eigenvalue weighted by molar-refractivity contribution is 9.10. The number of rotatable bonds is 7. The van der Waals surface area contributed by atoms with E-state index in [1.54, 1.807) is 12.1 Å². The van der Waals surface area contributed by atoms with Gasteiger partial charge in [-0.05, 0) is 49.7 Å². The van der Waals surface area contributed by atoms with Crippen molar-refractivity contribution >= 4 is 21.9 Å². The summed E-state index contributed by atoms with van der Waals surface area (Å²) >= 11 is 3.48. The maximum Gasteiger partial charge on any atom is 0.335 e. The van der Waals surface area contributed by atoms with E-state index >= 15 is 0 Å². The minimum Gasteiger partial charge on any atom is -0.491 e. The molecule has 0 aliphatic carbocycles. The average Bonchev–Trinajstić information content (AvgIpc) is 2.50. The zero-order valence-corrected chi connectivity index (χ0v) is 14.8. The Kier molecular flexibility index (Phi) is 6.19. The fourth-order valence-electron chi connectivity index (χ4n) is 2.16. The van der Waals surface area contributed by atoms with Crippen molar-refractivity contribution in [2.24, 2.45) is 0 Å². The monoisotopic (exact) mass is 377 g/mol. The number of hydrogen-bond acceptors (Lipinski definition) is 3. The van der Waals surface area contributed by atoms with Gasteiger partial charge in [0.2, 0.25) is 0 Å². The van der Waals surface area contributed by atoms with Gasteiger partial charge < -0.3 is 15.2 Å². The van der Waals surface area contributed by atoms with E-state index < -0.39 is 5.97 Å². The molecular weight excluding hydrogens is 358 g/mol. The van der Waals surface area contributed by atoms with Gasteiger partial charge in [-0.25, -0.2) is 4.79 Å². The number of carboxylic acid groups (broad SMARTS) is 1. The second kappa shape index (κ2) is 8.13. The van der Waals surface area contributed by atoms with Crippen LogP contribution in [-0.2, 0) is 13.1 Å². The Labute approximate surface area is 144 Å². The van der Waals surface area contributed by atoms with Crippen LogP contribution in [0.15, 0.2) is 46.9 Å². The van der Waals surface area contributed by atoms with E-state index in [0.717, 1.165) is 21.3 Å². The van der Waals surface area contributed by atoms with E-state index in [0.29, 0.717) is 18.7 Å². The van der Waals surface area contributed by atoms with Crippen molar-refractivity contribution in [2.45, 2.75) is 33.0 Å². The second-order valence-electron chi connectivity index (χ2n) is 5.52. The largest absolute Gasteiger partial charge is 0.491 e. The predicted octanol–water partition coefficient (Wildman–Crippen LogP) is 4.22. The summed E-state index contributed by atoms with van der Waals surface area (Å²) in [5.74, 6) is -0.0361. The molecule has 0 saturated heterocycles. The molecular formula is C18H20BrNO3. The number of carboxylic acids is 1. The summed E-state index contributed by atoms with van der Waals surface area (Å²) in [4.78, 5) is 10.8. The first kappa shape index (κ1) is 17.5. The number of hydrogen-bond donors (Lipinski definition) is 2. The van der Waals surface area contributed by atoms with Gasteiger partial charge in [-0.1, -0.05) is 28.1 Å². The molecule has 0 amide bonds. The predicted molar refractivity (Wildman–Crippen MR) is 93.9 cm³/mol. The Morgan fingerprint density at radius 3 is 2.48 bits per heavy atom. The van der Waals surface area contributed by atoms with Crippen LogP contribution < -0.4 is 10.1 Å². The van der Waals surface area contributed by atoms with Crippen molar-refractivity contribution in [3.8, 4) is 5.75 Å². The van der Waals surface area contributed by atoms with Gasteiger partial charge in [0, 0.05) is 23.1 Å². The number of halogens is 1. The lowest BCUT2D eigenvalue weighted by atomic mass is 10.1. The van der Waals surface area contributed by atoms with E-state index in [1.165, 1.54) is 0 Å². The van der Waals surface area contributed by atoms with Crippen LogP contribution in [0, 0.1) is 0 Å². The van der Waals surface area contributed by atoms with Crippen LogP contribution in [0.4, 0.5) is 0 Å². The van der Waals surface area contributed by atoms with Crippen molar-refractivity contribution < 1.29 is 14.6 Å². The lowest BCUT2D eigenvalue weighted by Crippen LogP contribution is -2.15. The van der Waals surface area contributed by atoms with Gasteiger partial charge in [0.1, 0.15) is 5.75 Å². The van der Waals surface area contributed by atoms with E-state index in [4.69, 9.17) is 9.84 Å². The quantitative estimate of drug-likeness (QED) is 0.757. The molecule has 0 radical (unpaired) electrons. The van der Waals surface area contributed by atoms with E-state index in [-0.39, 0.29) is 6.10 Å². The third kappa shape index (κ3) is 5.37. The summed E-state index contributed by atoms with van der Waals surface area (Å²) in [6.45, 7) is 5.34. The molecule has 2 aromatic rings. The molecule has 0 atom stereocenters. The summed E-state index contributed by atoms with van der Waals surface area (Å²) in [5, 5.41) is 12.3. The first-order valence-electron chi connectivity index (χ1n) is 7.43. The highest BCUT2D eigenvalue weighted by Gasteiger charge is 2.07. The van der Waals surface area contributed by atoms with Crippen molar-refractivity contribution in [2.75, 3.05) is 0 Å². The van der Waals surface area contributed by atoms with Crippen LogP contribution in [0.2, 0.25) is 0 Å². The molecule has 2 rings (SSSR count). The summed E-state index contributed by atoms with van der Waals surface area (Å²) in [5.41, 5.74) is 2.42. The van der Waals surface area contributed by atoms with Gasteiger partial charge in [0.25, 0.3) is 0 Å². The molecule has 0 spiro atoms. The van der Waals surface area contributed by atoms with Crippen LogP contribution in [-0.4, -0.2) is 17.2 Å². The summed E-state index contributed by atoms with van der Waals surface area (Å²) in [6.07, 6.45) is 0.124. The molecule has 0 bridgehead atoms. The number of ether oxygens (including phenoxy) is 1. The SMILES string of the molecule is CC(C)Oc1ccc(Br)cc1CNCc1ccc(C(=O)O)cc1. The van der Waals surface area contributed by atoms with E-state index in [9.17, 15) is 4.79 Å². The van der Waals surface area contributed by atoms with Crippen molar-refractivity contribution in [3.63, 3.8) is 0 Å². The minimum atomic E-state index is -0.908. The standard InChI is InChI=1S/C18H20BrNO3/c1-12(2)23-17-8-7-16(19)9-15(17)11-20-10-13-3-5-14(6-4-13)18(21)22/h3-9,12,20H,10-11H2,1-2H3,(H,21,22). The average molecular weight is 378 g/mol. The van der Waals surface area contributed by atoms with Gasteiger partial charge in [0.05, 0.1) is 11.7 Å². The fourth-order valence-corrected chi connectivity index (χ4v) is 2.57. The molecule has 0 aliphatic rings. The normalized spacial score (nSPS) is 10.8. The summed E-state index contributed by atoms with van der Waals surface area (Å²) in [6, 6.07) is 12.8. The molecule has 0 fully saturated rings. The number of carbonyl (C=O) groups is 1. The van der Waals surface area contributed by atoms with Gasteiger partial charge in [-0.2, -0.15) is 0 Å². The maximum absolute atomic E-state index is 10.8. The highest BCUT2D eigenvalue weighted by Crippen LogP contribution is 2.24. The Balaban J connectivity index is 1.97. The van der Waals surface area contributed by atoms with Crippen LogP contribution in [0.25, 0.3) is 0 Å². The molecule has 23 heavy (non-hydrogen) atoms. The Hall–Kier alpha value is -1.85. The van der Waals surface area contributed by atoms with E-state index in [1.807, 2.05) is 44.2 Å². The Bertz CT molecular complexity index is 668. The van der Waals surface area contributed by atoms with Crippen LogP contribution >= 0.6 is 15.9 Å². The van der Waals surface area contributed by atoms with Gasteiger partial charge in [-0.15, -0.1) is 0 Å². The number of benzene rings is 2. The van der Waals surface area contributed by atoms with Crippen molar-refractivity contribution in [1.82, 2.24) is 5.32 Å². The molecule has 0 heterocycles. The van der Waals surface area contributed by atoms with Gasteiger partial charge in [0.15, 0.2) is 0 Å². The van der Waals surface area contributed by atoms with E-state index in [2.05, 4.69) is 21.2 Å². The summed E-state index contributed by atoms with van der Waals surface area (Å²) in [7, 11) is 0. The Morgan fingerprint density at radius 2 is 1.87 bits per heavy atom. The third-order valence-corrected chi connectivity index (χ3v) is 3.72. The molecule has 2 aromatic carbocycles. The molecule has 0 unspecified atom stereocenters. The molecule has 0 aliphatic heterocycles. The first-order valence-corrected chi connectivity index (χ1v) is 8.23. The topological polar surface area (TPSA) is 58.6 Å². The van der Waals surface area contributed by atoms with Crippen LogP contribution in [0.5, 0.6) is 5.75 Å². The van der Waals surface area contributed by atoms with Crippen molar-refractivity contribution in [1.29, 1.82) is 0 Å². The third-order valence-electron chi connectivity index (χ3n) is 3.23. The highest BCUT2D eigenvalue weighted by atomic mass is 79.9. The molecule has 4 nitrogen and oxygen atoms in total. The van der Waals surface area contributed by atoms with Crippen molar-refractivity contribution in [3.05, 3.63) is 63.6 Å². The maximum atomic E-state index is 10.8.